The van der Waals surface area contributed by atoms with Crippen LogP contribution in [0, 0.1) is 5.82 Å². The molecule has 1 amide bonds. The van der Waals surface area contributed by atoms with Gasteiger partial charge < -0.3 is 10.1 Å². The summed E-state index contributed by atoms with van der Waals surface area (Å²) in [7, 11) is 0. The minimum absolute atomic E-state index is 0.0980. The number of ether oxygens (including phenoxy) is 1. The Bertz CT molecular complexity index is 788. The van der Waals surface area contributed by atoms with Gasteiger partial charge in [-0.1, -0.05) is 6.92 Å². The van der Waals surface area contributed by atoms with Crippen LogP contribution in [0.25, 0.3) is 0 Å². The number of benzene rings is 1. The minimum Gasteiger partial charge on any atom is -0.486 e. The smallest absolute Gasteiger partial charge is 0.223 e. The molecule has 1 aromatic heterocycles. The molecule has 7 heteroatoms. The summed E-state index contributed by atoms with van der Waals surface area (Å²) in [6.45, 7) is 3.39. The minimum atomic E-state index is -0.368. The molecule has 2 aromatic rings. The first kappa shape index (κ1) is 15.6. The Hall–Kier alpha value is -2.28. The zero-order valence-corrected chi connectivity index (χ0v) is 13.5. The molecular formula is C16H15FN2O3S. The van der Waals surface area contributed by atoms with E-state index in [2.05, 4.69) is 10.3 Å². The van der Waals surface area contributed by atoms with Crippen LogP contribution < -0.4 is 10.1 Å². The van der Waals surface area contributed by atoms with Crippen LogP contribution in [0.5, 0.6) is 5.75 Å². The number of nitrogens with zero attached hydrogens (tertiary/aromatic N) is 1. The summed E-state index contributed by atoms with van der Waals surface area (Å²) in [6, 6.07) is 2.80. The number of carbonyl (C=O) groups is 2. The van der Waals surface area contributed by atoms with Crippen molar-refractivity contribution in [1.29, 1.82) is 0 Å². The lowest BCUT2D eigenvalue weighted by Gasteiger charge is -2.11. The second kappa shape index (κ2) is 6.08. The van der Waals surface area contributed by atoms with Gasteiger partial charge in [0, 0.05) is 24.3 Å². The number of rotatable bonds is 4. The lowest BCUT2D eigenvalue weighted by atomic mass is 10.0. The highest BCUT2D eigenvalue weighted by molar-refractivity contribution is 7.13. The summed E-state index contributed by atoms with van der Waals surface area (Å²) in [5, 5.41) is 4.85. The molecule has 0 radical (unpaired) electrons. The van der Waals surface area contributed by atoms with Crippen molar-refractivity contribution in [2.75, 3.05) is 5.32 Å². The molecule has 1 aliphatic rings. The van der Waals surface area contributed by atoms with Crippen molar-refractivity contribution in [2.24, 2.45) is 0 Å². The second-order valence-corrected chi connectivity index (χ2v) is 6.33. The summed E-state index contributed by atoms with van der Waals surface area (Å²) < 4.78 is 19.6. The maximum absolute atomic E-state index is 13.9. The van der Waals surface area contributed by atoms with Gasteiger partial charge in [-0.15, -0.1) is 11.3 Å². The SMILES string of the molecule is CC(=O)Nc1nc(COc2ccc(F)c3c2C(=O)CC3C)cs1. The van der Waals surface area contributed by atoms with Crippen LogP contribution in [0.4, 0.5) is 9.52 Å². The van der Waals surface area contributed by atoms with Crippen LogP contribution in [0.1, 0.15) is 47.8 Å². The van der Waals surface area contributed by atoms with Gasteiger partial charge in [0.25, 0.3) is 0 Å². The molecule has 1 aromatic carbocycles. The summed E-state index contributed by atoms with van der Waals surface area (Å²) >= 11 is 1.29. The summed E-state index contributed by atoms with van der Waals surface area (Å²) in [5.41, 5.74) is 1.41. The fourth-order valence-electron chi connectivity index (χ4n) is 2.68. The third kappa shape index (κ3) is 3.10. The number of anilines is 1. The van der Waals surface area contributed by atoms with Gasteiger partial charge in [-0.3, -0.25) is 9.59 Å². The molecule has 0 spiro atoms. The number of aromatic nitrogens is 1. The number of amides is 1. The third-order valence-corrected chi connectivity index (χ3v) is 4.43. The van der Waals surface area contributed by atoms with Crippen molar-refractivity contribution in [3.63, 3.8) is 0 Å². The number of Topliss-reactive ketones (excluding diaryl/α,β-unsaturated/α-hetero) is 1. The largest absolute Gasteiger partial charge is 0.486 e. The fourth-order valence-corrected chi connectivity index (χ4v) is 3.42. The lowest BCUT2D eigenvalue weighted by molar-refractivity contribution is -0.114. The maximum Gasteiger partial charge on any atom is 0.223 e. The molecule has 5 nitrogen and oxygen atoms in total. The van der Waals surface area contributed by atoms with Gasteiger partial charge in [0.15, 0.2) is 10.9 Å². The monoisotopic (exact) mass is 334 g/mol. The predicted molar refractivity (Wildman–Crippen MR) is 84.5 cm³/mol. The Balaban J connectivity index is 1.78. The van der Waals surface area contributed by atoms with Crippen LogP contribution in [0.15, 0.2) is 17.5 Å². The average Bonchev–Trinajstić information content (AvgIpc) is 3.03. The molecule has 0 fully saturated rings. The van der Waals surface area contributed by atoms with Crippen molar-refractivity contribution >= 4 is 28.2 Å². The highest BCUT2D eigenvalue weighted by Crippen LogP contribution is 2.40. The van der Waals surface area contributed by atoms with Crippen LogP contribution in [-0.2, 0) is 11.4 Å². The number of halogens is 1. The predicted octanol–water partition coefficient (Wildman–Crippen LogP) is 3.51. The molecule has 120 valence electrons. The van der Waals surface area contributed by atoms with Gasteiger partial charge in [0.1, 0.15) is 18.2 Å². The lowest BCUT2D eigenvalue weighted by Crippen LogP contribution is -2.06. The molecule has 1 aliphatic carbocycles. The molecule has 1 N–H and O–H groups in total. The molecule has 1 atom stereocenters. The van der Waals surface area contributed by atoms with E-state index in [1.165, 1.54) is 30.4 Å². The standard InChI is InChI=1S/C16H15FN2O3S/c1-8-5-12(21)15-13(4-3-11(17)14(8)15)22-6-10-7-23-16(19-10)18-9(2)20/h3-4,7-8H,5-6H2,1-2H3,(H,18,19,20). The zero-order valence-electron chi connectivity index (χ0n) is 12.7. The van der Waals surface area contributed by atoms with Crippen LogP contribution >= 0.6 is 11.3 Å². The molecule has 0 bridgehead atoms. The average molecular weight is 334 g/mol. The summed E-state index contributed by atoms with van der Waals surface area (Å²) in [6.07, 6.45) is 0.302. The van der Waals surface area contributed by atoms with E-state index in [1.54, 1.807) is 5.38 Å². The van der Waals surface area contributed by atoms with Crippen molar-refractivity contribution < 1.29 is 18.7 Å². The quantitative estimate of drug-likeness (QED) is 0.929. The second-order valence-electron chi connectivity index (χ2n) is 5.48. The molecule has 1 unspecified atom stereocenters. The Morgan fingerprint density at radius 3 is 3.04 bits per heavy atom. The molecule has 23 heavy (non-hydrogen) atoms. The van der Waals surface area contributed by atoms with Crippen molar-refractivity contribution in [3.05, 3.63) is 40.2 Å². The van der Waals surface area contributed by atoms with Gasteiger partial charge >= 0.3 is 0 Å². The number of carbonyl (C=O) groups excluding carboxylic acids is 2. The van der Waals surface area contributed by atoms with Gasteiger partial charge in [-0.2, -0.15) is 0 Å². The zero-order chi connectivity index (χ0) is 16.6. The number of hydrogen-bond donors (Lipinski definition) is 1. The third-order valence-electron chi connectivity index (χ3n) is 3.63. The van der Waals surface area contributed by atoms with E-state index in [-0.39, 0.29) is 30.0 Å². The van der Waals surface area contributed by atoms with Crippen LogP contribution in [0.3, 0.4) is 0 Å². The highest BCUT2D eigenvalue weighted by Gasteiger charge is 2.32. The van der Waals surface area contributed by atoms with E-state index in [0.717, 1.165) is 0 Å². The topological polar surface area (TPSA) is 68.3 Å². The normalized spacial score (nSPS) is 16.3. The van der Waals surface area contributed by atoms with Crippen molar-refractivity contribution in [3.8, 4) is 5.75 Å². The van der Waals surface area contributed by atoms with E-state index in [4.69, 9.17) is 4.74 Å². The number of ketones is 1. The highest BCUT2D eigenvalue weighted by atomic mass is 32.1. The fraction of sp³-hybridized carbons (Fsp3) is 0.312. The van der Waals surface area contributed by atoms with Crippen LogP contribution in [0.2, 0.25) is 0 Å². The molecule has 0 saturated carbocycles. The molecule has 0 aliphatic heterocycles. The number of nitrogens with one attached hydrogen (secondary N) is 1. The van der Waals surface area contributed by atoms with E-state index >= 15 is 0 Å². The number of thiazole rings is 1. The summed E-state index contributed by atoms with van der Waals surface area (Å²) in [5.74, 6) is -0.411. The first-order chi connectivity index (χ1) is 11.0. The van der Waals surface area contributed by atoms with Gasteiger partial charge in [0.05, 0.1) is 11.3 Å². The molecule has 1 heterocycles. The Morgan fingerprint density at radius 1 is 1.52 bits per heavy atom. The van der Waals surface area contributed by atoms with E-state index < -0.39 is 0 Å². The van der Waals surface area contributed by atoms with Gasteiger partial charge in [-0.05, 0) is 18.1 Å². The molecular weight excluding hydrogens is 319 g/mol. The Labute approximate surface area is 136 Å². The molecule has 0 saturated heterocycles. The van der Waals surface area contributed by atoms with Crippen molar-refractivity contribution in [1.82, 2.24) is 4.98 Å². The van der Waals surface area contributed by atoms with E-state index in [0.29, 0.717) is 34.1 Å². The molecule has 3 rings (SSSR count). The Kier molecular flexibility index (Phi) is 4.12. The van der Waals surface area contributed by atoms with E-state index in [9.17, 15) is 14.0 Å². The van der Waals surface area contributed by atoms with Crippen molar-refractivity contribution in [2.45, 2.75) is 32.8 Å². The van der Waals surface area contributed by atoms with E-state index in [1.807, 2.05) is 6.92 Å². The van der Waals surface area contributed by atoms with Crippen LogP contribution in [-0.4, -0.2) is 16.7 Å². The maximum atomic E-state index is 13.9. The number of hydrogen-bond acceptors (Lipinski definition) is 5. The van der Waals surface area contributed by atoms with Gasteiger partial charge in [0.2, 0.25) is 5.91 Å². The first-order valence-electron chi connectivity index (χ1n) is 7.16. The van der Waals surface area contributed by atoms with Gasteiger partial charge in [-0.25, -0.2) is 9.37 Å². The summed E-state index contributed by atoms with van der Waals surface area (Å²) in [4.78, 5) is 27.3. The first-order valence-corrected chi connectivity index (χ1v) is 8.04. The Morgan fingerprint density at radius 2 is 2.30 bits per heavy atom. The number of fused-ring (bicyclic) bond motifs is 1.